The maximum absolute atomic E-state index is 12.9. The number of imide groups is 2. The normalized spacial score (nSPS) is 15.1. The summed E-state index contributed by atoms with van der Waals surface area (Å²) in [5.74, 6) is -0.743. The number of amides is 4. The smallest absolute Gasteiger partial charge is 0.335 e. The maximum atomic E-state index is 12.9. The van der Waals surface area contributed by atoms with Gasteiger partial charge in [0.2, 0.25) is 0 Å². The van der Waals surface area contributed by atoms with Crippen LogP contribution in [-0.4, -0.2) is 17.8 Å². The molecule has 1 saturated heterocycles. The second kappa shape index (κ2) is 9.20. The van der Waals surface area contributed by atoms with Gasteiger partial charge in [-0.1, -0.05) is 57.9 Å². The van der Waals surface area contributed by atoms with E-state index in [4.69, 9.17) is 4.74 Å². The molecular weight excluding hydrogens is 472 g/mol. The molecule has 1 N–H and O–H groups in total. The van der Waals surface area contributed by atoms with Crippen molar-refractivity contribution in [2.75, 3.05) is 4.90 Å². The summed E-state index contributed by atoms with van der Waals surface area (Å²) in [5, 5.41) is 2.22. The van der Waals surface area contributed by atoms with E-state index >= 15 is 0 Å². The molecule has 0 atom stereocenters. The summed E-state index contributed by atoms with van der Waals surface area (Å²) < 4.78 is 6.60. The number of nitrogens with zero attached hydrogens (tertiary/aromatic N) is 1. The average Bonchev–Trinajstić information content (AvgIpc) is 2.78. The van der Waals surface area contributed by atoms with Crippen molar-refractivity contribution in [1.82, 2.24) is 5.32 Å². The van der Waals surface area contributed by atoms with Gasteiger partial charge in [0.1, 0.15) is 17.9 Å². The SMILES string of the molecule is Cc1ccc(COc2ccc(/C=C3\C(=O)NC(=O)N(c4ccc(Br)cc4)C3=O)cc2)cc1. The Labute approximate surface area is 193 Å². The first-order valence-electron chi connectivity index (χ1n) is 9.86. The van der Waals surface area contributed by atoms with Gasteiger partial charge in [0.15, 0.2) is 0 Å². The van der Waals surface area contributed by atoms with Gasteiger partial charge in [0.25, 0.3) is 11.8 Å². The molecule has 1 heterocycles. The van der Waals surface area contributed by atoms with Gasteiger partial charge < -0.3 is 4.74 Å². The molecule has 3 aromatic carbocycles. The van der Waals surface area contributed by atoms with Crippen molar-refractivity contribution in [3.05, 3.63) is 99.5 Å². The predicted octanol–water partition coefficient (Wildman–Crippen LogP) is 5.00. The Kier molecular flexibility index (Phi) is 6.18. The third-order valence-electron chi connectivity index (χ3n) is 4.90. The number of carbonyl (C=O) groups is 3. The summed E-state index contributed by atoms with van der Waals surface area (Å²) in [5.41, 5.74) is 3.13. The molecule has 3 aromatic rings. The van der Waals surface area contributed by atoms with Gasteiger partial charge in [0.05, 0.1) is 5.69 Å². The molecule has 4 amide bonds. The van der Waals surface area contributed by atoms with Crippen LogP contribution < -0.4 is 15.0 Å². The van der Waals surface area contributed by atoms with E-state index in [9.17, 15) is 14.4 Å². The zero-order valence-corrected chi connectivity index (χ0v) is 18.8. The molecule has 6 nitrogen and oxygen atoms in total. The zero-order valence-electron chi connectivity index (χ0n) is 17.2. The molecule has 7 heteroatoms. The van der Waals surface area contributed by atoms with Crippen LogP contribution in [0.2, 0.25) is 0 Å². The van der Waals surface area contributed by atoms with Gasteiger partial charge in [-0.05, 0) is 60.5 Å². The van der Waals surface area contributed by atoms with Crippen LogP contribution in [0.4, 0.5) is 10.5 Å². The van der Waals surface area contributed by atoms with E-state index in [0.29, 0.717) is 23.6 Å². The Hall–Kier alpha value is -3.71. The Morgan fingerprint density at radius 2 is 1.56 bits per heavy atom. The predicted molar refractivity (Wildman–Crippen MR) is 125 cm³/mol. The third-order valence-corrected chi connectivity index (χ3v) is 5.43. The van der Waals surface area contributed by atoms with E-state index in [1.54, 1.807) is 48.5 Å². The Balaban J connectivity index is 1.50. The first-order chi connectivity index (χ1) is 15.4. The standard InChI is InChI=1S/C25H19BrN2O4/c1-16-2-4-18(5-3-16)15-32-21-12-6-17(7-13-21)14-22-23(29)27-25(31)28(24(22)30)20-10-8-19(26)9-11-20/h2-14H,15H2,1H3,(H,27,29,31)/b22-14+. The van der Waals surface area contributed by atoms with Crippen LogP contribution in [0.5, 0.6) is 5.75 Å². The Morgan fingerprint density at radius 3 is 2.22 bits per heavy atom. The molecular formula is C25H19BrN2O4. The van der Waals surface area contributed by atoms with Crippen molar-refractivity contribution < 1.29 is 19.1 Å². The Morgan fingerprint density at radius 1 is 0.906 bits per heavy atom. The van der Waals surface area contributed by atoms with Crippen molar-refractivity contribution in [2.24, 2.45) is 0 Å². The molecule has 0 saturated carbocycles. The summed E-state index contributed by atoms with van der Waals surface area (Å²) in [6.45, 7) is 2.47. The lowest BCUT2D eigenvalue weighted by Crippen LogP contribution is -2.54. The number of aryl methyl sites for hydroxylation is 1. The Bertz CT molecular complexity index is 1200. The fourth-order valence-corrected chi connectivity index (χ4v) is 3.42. The largest absolute Gasteiger partial charge is 0.489 e. The van der Waals surface area contributed by atoms with E-state index in [0.717, 1.165) is 14.9 Å². The van der Waals surface area contributed by atoms with Gasteiger partial charge in [-0.3, -0.25) is 14.9 Å². The number of rotatable bonds is 5. The third kappa shape index (κ3) is 4.78. The van der Waals surface area contributed by atoms with Gasteiger partial charge >= 0.3 is 6.03 Å². The minimum atomic E-state index is -0.778. The summed E-state index contributed by atoms with van der Waals surface area (Å²) in [6, 6.07) is 21.0. The van der Waals surface area contributed by atoms with Crippen LogP contribution in [0.3, 0.4) is 0 Å². The van der Waals surface area contributed by atoms with Gasteiger partial charge in [-0.25, -0.2) is 9.69 Å². The molecule has 1 aliphatic heterocycles. The molecule has 0 aliphatic carbocycles. The summed E-state index contributed by atoms with van der Waals surface area (Å²) in [6.07, 6.45) is 1.46. The number of ether oxygens (including phenoxy) is 1. The maximum Gasteiger partial charge on any atom is 0.335 e. The lowest BCUT2D eigenvalue weighted by atomic mass is 10.1. The number of hydrogen-bond acceptors (Lipinski definition) is 4. The highest BCUT2D eigenvalue weighted by Crippen LogP contribution is 2.24. The molecule has 1 fully saturated rings. The topological polar surface area (TPSA) is 75.7 Å². The van der Waals surface area contributed by atoms with Crippen molar-refractivity contribution in [3.8, 4) is 5.75 Å². The highest BCUT2D eigenvalue weighted by molar-refractivity contribution is 9.10. The minimum Gasteiger partial charge on any atom is -0.489 e. The lowest BCUT2D eigenvalue weighted by Gasteiger charge is -2.26. The first kappa shape index (κ1) is 21.5. The van der Waals surface area contributed by atoms with Crippen LogP contribution >= 0.6 is 15.9 Å². The van der Waals surface area contributed by atoms with Gasteiger partial charge in [0, 0.05) is 4.47 Å². The molecule has 0 unspecified atom stereocenters. The van der Waals surface area contributed by atoms with Crippen molar-refractivity contribution in [1.29, 1.82) is 0 Å². The monoisotopic (exact) mass is 490 g/mol. The van der Waals surface area contributed by atoms with E-state index in [1.807, 2.05) is 31.2 Å². The number of barbiturate groups is 1. The first-order valence-corrected chi connectivity index (χ1v) is 10.7. The lowest BCUT2D eigenvalue weighted by molar-refractivity contribution is -0.122. The summed E-state index contributed by atoms with van der Waals surface area (Å²) in [4.78, 5) is 38.5. The average molecular weight is 491 g/mol. The van der Waals surface area contributed by atoms with E-state index in [-0.39, 0.29) is 5.57 Å². The van der Waals surface area contributed by atoms with Crippen LogP contribution in [0.1, 0.15) is 16.7 Å². The van der Waals surface area contributed by atoms with Crippen LogP contribution in [0.25, 0.3) is 6.08 Å². The second-order valence-electron chi connectivity index (χ2n) is 7.28. The molecule has 32 heavy (non-hydrogen) atoms. The molecule has 4 rings (SSSR count). The molecule has 0 radical (unpaired) electrons. The van der Waals surface area contributed by atoms with Crippen LogP contribution in [-0.2, 0) is 16.2 Å². The van der Waals surface area contributed by atoms with E-state index in [2.05, 4.69) is 21.2 Å². The number of benzene rings is 3. The highest BCUT2D eigenvalue weighted by Gasteiger charge is 2.36. The number of carbonyl (C=O) groups excluding carboxylic acids is 3. The van der Waals surface area contributed by atoms with Crippen LogP contribution in [0, 0.1) is 6.92 Å². The summed E-state index contributed by atoms with van der Waals surface area (Å²) in [7, 11) is 0. The van der Waals surface area contributed by atoms with Crippen molar-refractivity contribution >= 4 is 45.5 Å². The van der Waals surface area contributed by atoms with Crippen LogP contribution in [0.15, 0.2) is 82.8 Å². The molecule has 1 aliphatic rings. The molecule has 0 spiro atoms. The summed E-state index contributed by atoms with van der Waals surface area (Å²) >= 11 is 3.32. The number of anilines is 1. The van der Waals surface area contributed by atoms with Crippen molar-refractivity contribution in [3.63, 3.8) is 0 Å². The fourth-order valence-electron chi connectivity index (χ4n) is 3.16. The molecule has 0 bridgehead atoms. The number of urea groups is 1. The molecule has 0 aromatic heterocycles. The zero-order chi connectivity index (χ0) is 22.7. The van der Waals surface area contributed by atoms with Gasteiger partial charge in [-0.15, -0.1) is 0 Å². The van der Waals surface area contributed by atoms with E-state index < -0.39 is 17.8 Å². The van der Waals surface area contributed by atoms with Gasteiger partial charge in [-0.2, -0.15) is 0 Å². The fraction of sp³-hybridized carbons (Fsp3) is 0.0800. The second-order valence-corrected chi connectivity index (χ2v) is 8.19. The number of nitrogens with one attached hydrogen (secondary N) is 1. The molecule has 160 valence electrons. The highest BCUT2D eigenvalue weighted by atomic mass is 79.9. The minimum absolute atomic E-state index is 0.124. The number of hydrogen-bond donors (Lipinski definition) is 1. The number of halogens is 1. The van der Waals surface area contributed by atoms with Crippen molar-refractivity contribution in [2.45, 2.75) is 13.5 Å². The quantitative estimate of drug-likeness (QED) is 0.403. The van der Waals surface area contributed by atoms with E-state index in [1.165, 1.54) is 11.6 Å².